The number of thiazole rings is 1. The van der Waals surface area contributed by atoms with Crippen LogP contribution in [0, 0.1) is 0 Å². The number of hydrogen-bond donors (Lipinski definition) is 1. The van der Waals surface area contributed by atoms with Crippen LogP contribution in [0.25, 0.3) is 9.88 Å². The molecule has 0 aliphatic carbocycles. The highest BCUT2D eigenvalue weighted by atomic mass is 32.1. The van der Waals surface area contributed by atoms with Crippen LogP contribution in [0.5, 0.6) is 0 Å². The number of halogens is 3. The van der Waals surface area contributed by atoms with Gasteiger partial charge in [0, 0.05) is 11.1 Å². The van der Waals surface area contributed by atoms with Gasteiger partial charge in [-0.15, -0.1) is 22.7 Å². The van der Waals surface area contributed by atoms with E-state index in [0.717, 1.165) is 17.4 Å². The normalized spacial score (nSPS) is 11.7. The van der Waals surface area contributed by atoms with E-state index in [0.29, 0.717) is 26.1 Å². The van der Waals surface area contributed by atoms with Crippen LogP contribution in [0.1, 0.15) is 9.75 Å². The summed E-state index contributed by atoms with van der Waals surface area (Å²) in [6.45, 7) is 0. The zero-order valence-corrected chi connectivity index (χ0v) is 10.3. The summed E-state index contributed by atoms with van der Waals surface area (Å²) in [6.07, 6.45) is -3.15. The Morgan fingerprint density at radius 2 is 2.06 bits per heavy atom. The minimum absolute atomic E-state index is 0.171. The highest BCUT2D eigenvalue weighted by molar-refractivity contribution is 7.21. The first kappa shape index (κ1) is 13.0. The molecule has 0 unspecified atom stereocenters. The van der Waals surface area contributed by atoms with Gasteiger partial charge in [-0.25, -0.2) is 4.98 Å². The van der Waals surface area contributed by atoms with Gasteiger partial charge in [0.1, 0.15) is 9.88 Å². The van der Waals surface area contributed by atoms with Crippen molar-refractivity contribution >= 4 is 28.6 Å². The quantitative estimate of drug-likeness (QED) is 0.942. The highest BCUT2D eigenvalue weighted by Gasteiger charge is 2.32. The topological polar surface area (TPSA) is 50.2 Å². The van der Waals surface area contributed by atoms with E-state index in [1.807, 2.05) is 0 Å². The first-order valence-electron chi connectivity index (χ1n) is 4.70. The molecule has 0 fully saturated rings. The molecule has 1 N–H and O–H groups in total. The minimum atomic E-state index is -4.36. The fraction of sp³-hybridized carbons (Fsp3) is 0.200. The van der Waals surface area contributed by atoms with Crippen LogP contribution in [-0.4, -0.2) is 16.1 Å². The summed E-state index contributed by atoms with van der Waals surface area (Å²) in [6, 6.07) is 2.34. The number of carbonyl (C=O) groups is 1. The van der Waals surface area contributed by atoms with Gasteiger partial charge in [0.15, 0.2) is 0 Å². The van der Waals surface area contributed by atoms with E-state index in [9.17, 15) is 18.0 Å². The van der Waals surface area contributed by atoms with Crippen molar-refractivity contribution in [2.24, 2.45) is 0 Å². The third kappa shape index (κ3) is 2.88. The van der Waals surface area contributed by atoms with Crippen molar-refractivity contribution in [1.29, 1.82) is 0 Å². The molecule has 8 heteroatoms. The Morgan fingerprint density at radius 3 is 2.61 bits per heavy atom. The molecule has 0 aliphatic heterocycles. The lowest BCUT2D eigenvalue weighted by Gasteiger charge is -2.00. The molecule has 0 saturated carbocycles. The summed E-state index contributed by atoms with van der Waals surface area (Å²) in [5.74, 6) is -0.993. The third-order valence-corrected chi connectivity index (χ3v) is 4.27. The second-order valence-corrected chi connectivity index (χ2v) is 5.56. The van der Waals surface area contributed by atoms with E-state index in [1.54, 1.807) is 0 Å². The first-order chi connectivity index (χ1) is 8.36. The smallest absolute Gasteiger partial charge is 0.425 e. The monoisotopic (exact) mass is 293 g/mol. The molecule has 2 rings (SSSR count). The van der Waals surface area contributed by atoms with Gasteiger partial charge in [-0.3, -0.25) is 4.79 Å². The molecule has 0 amide bonds. The fourth-order valence-electron chi connectivity index (χ4n) is 1.26. The van der Waals surface area contributed by atoms with E-state index < -0.39 is 17.0 Å². The van der Waals surface area contributed by atoms with E-state index >= 15 is 0 Å². The van der Waals surface area contributed by atoms with E-state index in [-0.39, 0.29) is 6.42 Å². The summed E-state index contributed by atoms with van der Waals surface area (Å²) in [4.78, 5) is 14.6. The van der Waals surface area contributed by atoms with Gasteiger partial charge in [-0.2, -0.15) is 13.2 Å². The maximum absolute atomic E-state index is 12.4. The Kier molecular flexibility index (Phi) is 3.40. The van der Waals surface area contributed by atoms with Crippen LogP contribution in [0.2, 0.25) is 0 Å². The van der Waals surface area contributed by atoms with Gasteiger partial charge in [-0.1, -0.05) is 0 Å². The third-order valence-electron chi connectivity index (χ3n) is 1.98. The number of thiophene rings is 1. The van der Waals surface area contributed by atoms with Gasteiger partial charge in [-0.05, 0) is 12.1 Å². The fourth-order valence-corrected chi connectivity index (χ4v) is 3.10. The second kappa shape index (κ2) is 4.69. The number of aromatic nitrogens is 1. The van der Waals surface area contributed by atoms with Crippen molar-refractivity contribution in [3.8, 4) is 9.88 Å². The van der Waals surface area contributed by atoms with Crippen LogP contribution in [0.15, 0.2) is 18.3 Å². The molecule has 3 nitrogen and oxygen atoms in total. The maximum Gasteiger partial charge on any atom is 0.425 e. The molecular weight excluding hydrogens is 287 g/mol. The number of aliphatic carboxylic acids is 1. The number of rotatable bonds is 3. The molecule has 18 heavy (non-hydrogen) atoms. The molecule has 0 atom stereocenters. The van der Waals surface area contributed by atoms with E-state index in [4.69, 9.17) is 5.11 Å². The second-order valence-electron chi connectivity index (χ2n) is 3.36. The van der Waals surface area contributed by atoms with Crippen LogP contribution in [-0.2, 0) is 17.4 Å². The Labute approximate surface area is 108 Å². The number of nitrogens with zero attached hydrogens (tertiary/aromatic N) is 1. The van der Waals surface area contributed by atoms with Crippen molar-refractivity contribution in [3.63, 3.8) is 0 Å². The first-order valence-corrected chi connectivity index (χ1v) is 6.33. The number of carboxylic acids is 1. The molecule has 2 heterocycles. The van der Waals surface area contributed by atoms with Crippen molar-refractivity contribution in [2.75, 3.05) is 0 Å². The van der Waals surface area contributed by atoms with Crippen LogP contribution >= 0.6 is 22.7 Å². The highest BCUT2D eigenvalue weighted by Crippen LogP contribution is 2.39. The molecule has 2 aromatic heterocycles. The standard InChI is InChI=1S/C10H6F3NO2S2/c11-10(12,13)7-2-1-6(18-7)9-14-4-5(17-9)3-8(15)16/h1-2,4H,3H2,(H,15,16). The number of alkyl halides is 3. The zero-order valence-electron chi connectivity index (χ0n) is 8.69. The summed E-state index contributed by atoms with van der Waals surface area (Å²) in [5, 5.41) is 9.00. The average molecular weight is 293 g/mol. The predicted octanol–water partition coefficient (Wildman–Crippen LogP) is 3.52. The largest absolute Gasteiger partial charge is 0.481 e. The summed E-state index contributed by atoms with van der Waals surface area (Å²) >= 11 is 1.69. The van der Waals surface area contributed by atoms with Crippen molar-refractivity contribution < 1.29 is 23.1 Å². The molecule has 0 aliphatic rings. The van der Waals surface area contributed by atoms with Gasteiger partial charge < -0.3 is 5.11 Å². The molecule has 0 aromatic carbocycles. The lowest BCUT2D eigenvalue weighted by molar-refractivity contribution is -0.136. The molecule has 0 spiro atoms. The predicted molar refractivity (Wildman–Crippen MR) is 61.8 cm³/mol. The zero-order chi connectivity index (χ0) is 13.3. The lowest BCUT2D eigenvalue weighted by Crippen LogP contribution is -2.00. The summed E-state index contributed by atoms with van der Waals surface area (Å²) in [7, 11) is 0. The summed E-state index contributed by atoms with van der Waals surface area (Å²) in [5.41, 5.74) is 0. The van der Waals surface area contributed by atoms with E-state index in [2.05, 4.69) is 4.98 Å². The molecule has 0 radical (unpaired) electrons. The molecule has 2 aromatic rings. The maximum atomic E-state index is 12.4. The summed E-state index contributed by atoms with van der Waals surface area (Å²) < 4.78 is 37.2. The lowest BCUT2D eigenvalue weighted by atomic mass is 10.4. The molecule has 0 saturated heterocycles. The molecular formula is C10H6F3NO2S2. The Balaban J connectivity index is 2.24. The van der Waals surface area contributed by atoms with Gasteiger partial charge >= 0.3 is 12.1 Å². The van der Waals surface area contributed by atoms with Gasteiger partial charge in [0.05, 0.1) is 11.3 Å². The number of carboxylic acid groups (broad SMARTS) is 1. The number of hydrogen-bond acceptors (Lipinski definition) is 4. The van der Waals surface area contributed by atoms with Crippen LogP contribution < -0.4 is 0 Å². The van der Waals surface area contributed by atoms with Crippen LogP contribution in [0.4, 0.5) is 13.2 Å². The Hall–Kier alpha value is -1.41. The average Bonchev–Trinajstić information content (AvgIpc) is 2.81. The van der Waals surface area contributed by atoms with Crippen molar-refractivity contribution in [2.45, 2.75) is 12.6 Å². The van der Waals surface area contributed by atoms with Gasteiger partial charge in [0.2, 0.25) is 0 Å². The minimum Gasteiger partial charge on any atom is -0.481 e. The Bertz CT molecular complexity index is 574. The van der Waals surface area contributed by atoms with Crippen molar-refractivity contribution in [3.05, 3.63) is 28.1 Å². The molecule has 0 bridgehead atoms. The van der Waals surface area contributed by atoms with Gasteiger partial charge in [0.25, 0.3) is 0 Å². The SMILES string of the molecule is O=C(O)Cc1cnc(-c2ccc(C(F)(F)F)s2)s1. The molecule has 96 valence electrons. The van der Waals surface area contributed by atoms with Crippen molar-refractivity contribution in [1.82, 2.24) is 4.98 Å². The van der Waals surface area contributed by atoms with E-state index in [1.165, 1.54) is 12.3 Å². The Morgan fingerprint density at radius 1 is 1.33 bits per heavy atom. The van der Waals surface area contributed by atoms with Crippen LogP contribution in [0.3, 0.4) is 0 Å².